The lowest BCUT2D eigenvalue weighted by molar-refractivity contribution is -0.157. The molecule has 9 nitrogen and oxygen atoms in total. The number of hydrogen-bond donors (Lipinski definition) is 4. The molecule has 0 aromatic carbocycles. The van der Waals surface area contributed by atoms with Crippen LogP contribution in [-0.2, 0) is 14.3 Å². The summed E-state index contributed by atoms with van der Waals surface area (Å²) in [6.45, 7) is -0.869. The molecule has 15 heavy (non-hydrogen) atoms. The molecule has 0 saturated carbocycles. The van der Waals surface area contributed by atoms with Crippen LogP contribution < -0.4 is 22.9 Å². The monoisotopic (exact) mass is 216 g/mol. The van der Waals surface area contributed by atoms with E-state index in [1.165, 1.54) is 0 Å². The van der Waals surface area contributed by atoms with Gasteiger partial charge in [-0.2, -0.15) is 0 Å². The number of esters is 2. The molecule has 0 bridgehead atoms. The highest BCUT2D eigenvalue weighted by atomic mass is 16.6. The number of rotatable bonds is 4. The van der Waals surface area contributed by atoms with Crippen LogP contribution in [0.15, 0.2) is 9.98 Å². The van der Waals surface area contributed by atoms with Crippen molar-refractivity contribution in [2.75, 3.05) is 13.1 Å². The molecule has 0 amide bonds. The fraction of sp³-hybridized carbons (Fsp3) is 0.333. The third-order valence-electron chi connectivity index (χ3n) is 1.01. The first-order valence-corrected chi connectivity index (χ1v) is 3.76. The van der Waals surface area contributed by atoms with Gasteiger partial charge < -0.3 is 27.7 Å². The third kappa shape index (κ3) is 8.02. The van der Waals surface area contributed by atoms with E-state index in [-0.39, 0.29) is 11.9 Å². The summed E-state index contributed by atoms with van der Waals surface area (Å²) in [5, 5.41) is 0. The van der Waals surface area contributed by atoms with E-state index < -0.39 is 25.0 Å². The molecule has 0 radical (unpaired) electrons. The number of ether oxygens (including phenoxy) is 1. The van der Waals surface area contributed by atoms with Gasteiger partial charge in [-0.05, 0) is 0 Å². The van der Waals surface area contributed by atoms with Crippen molar-refractivity contribution in [1.82, 2.24) is 0 Å². The number of carbonyl (C=O) groups excluding carboxylic acids is 2. The van der Waals surface area contributed by atoms with E-state index in [9.17, 15) is 9.59 Å². The Morgan fingerprint density at radius 2 is 1.20 bits per heavy atom. The first-order valence-electron chi connectivity index (χ1n) is 3.76. The molecule has 0 aliphatic heterocycles. The Morgan fingerprint density at radius 3 is 1.47 bits per heavy atom. The zero-order valence-electron chi connectivity index (χ0n) is 7.84. The SMILES string of the molecule is NC(N)=NCC(=O)OC(=O)CN=C(N)N. The van der Waals surface area contributed by atoms with Crippen LogP contribution in [0.5, 0.6) is 0 Å². The zero-order chi connectivity index (χ0) is 11.8. The van der Waals surface area contributed by atoms with Gasteiger partial charge >= 0.3 is 11.9 Å². The summed E-state index contributed by atoms with van der Waals surface area (Å²) >= 11 is 0. The predicted octanol–water partition coefficient (Wildman–Crippen LogP) is -3.40. The molecule has 9 heteroatoms. The second-order valence-electron chi connectivity index (χ2n) is 2.33. The highest BCUT2D eigenvalue weighted by Gasteiger charge is 2.08. The second kappa shape index (κ2) is 6.18. The van der Waals surface area contributed by atoms with Crippen LogP contribution in [0.1, 0.15) is 0 Å². The maximum atomic E-state index is 10.8. The van der Waals surface area contributed by atoms with Crippen molar-refractivity contribution in [2.45, 2.75) is 0 Å². The Morgan fingerprint density at radius 1 is 0.867 bits per heavy atom. The minimum atomic E-state index is -0.890. The number of hydrogen-bond acceptors (Lipinski definition) is 5. The number of carbonyl (C=O) groups is 2. The molecule has 0 aromatic heterocycles. The molecule has 0 heterocycles. The average molecular weight is 216 g/mol. The summed E-state index contributed by atoms with van der Waals surface area (Å²) in [7, 11) is 0. The number of guanidine groups is 2. The second-order valence-corrected chi connectivity index (χ2v) is 2.33. The Labute approximate surface area is 85.2 Å². The number of nitrogens with two attached hydrogens (primary N) is 4. The van der Waals surface area contributed by atoms with Crippen LogP contribution >= 0.6 is 0 Å². The van der Waals surface area contributed by atoms with Crippen molar-refractivity contribution >= 4 is 23.9 Å². The highest BCUT2D eigenvalue weighted by molar-refractivity contribution is 5.90. The van der Waals surface area contributed by atoms with Crippen molar-refractivity contribution < 1.29 is 14.3 Å². The molecule has 0 atom stereocenters. The van der Waals surface area contributed by atoms with Crippen LogP contribution in [0.4, 0.5) is 0 Å². The molecule has 0 spiro atoms. The summed E-state index contributed by atoms with van der Waals surface area (Å²) in [4.78, 5) is 28.3. The van der Waals surface area contributed by atoms with Crippen LogP contribution in [0, 0.1) is 0 Å². The fourth-order valence-corrected chi connectivity index (χ4v) is 0.503. The van der Waals surface area contributed by atoms with E-state index in [1.54, 1.807) is 0 Å². The molecule has 0 fully saturated rings. The first-order chi connectivity index (χ1) is 6.91. The van der Waals surface area contributed by atoms with E-state index in [2.05, 4.69) is 14.7 Å². The summed E-state index contributed by atoms with van der Waals surface area (Å²) in [5.41, 5.74) is 19.8. The summed E-state index contributed by atoms with van der Waals surface area (Å²) in [5.74, 6) is -2.33. The smallest absolute Gasteiger partial charge is 0.335 e. The first kappa shape index (κ1) is 12.7. The molecule has 0 saturated heterocycles. The quantitative estimate of drug-likeness (QED) is 0.164. The van der Waals surface area contributed by atoms with Gasteiger partial charge in [0.15, 0.2) is 11.9 Å². The summed E-state index contributed by atoms with van der Waals surface area (Å²) < 4.78 is 4.24. The van der Waals surface area contributed by atoms with Gasteiger partial charge in [0.2, 0.25) is 0 Å². The topological polar surface area (TPSA) is 172 Å². The number of nitrogens with zero attached hydrogens (tertiary/aromatic N) is 2. The predicted molar refractivity (Wildman–Crippen MR) is 52.5 cm³/mol. The fourth-order valence-electron chi connectivity index (χ4n) is 0.503. The zero-order valence-corrected chi connectivity index (χ0v) is 7.84. The van der Waals surface area contributed by atoms with Crippen LogP contribution in [-0.4, -0.2) is 36.9 Å². The van der Waals surface area contributed by atoms with E-state index in [0.717, 1.165) is 0 Å². The van der Waals surface area contributed by atoms with Crippen LogP contribution in [0.2, 0.25) is 0 Å². The third-order valence-corrected chi connectivity index (χ3v) is 1.01. The summed E-state index contributed by atoms with van der Waals surface area (Å²) in [6, 6.07) is 0. The van der Waals surface area contributed by atoms with Gasteiger partial charge in [-0.25, -0.2) is 19.6 Å². The molecular formula is C6H12N6O3. The lowest BCUT2D eigenvalue weighted by atomic mass is 10.6. The standard InChI is InChI=1S/C6H12N6O3/c7-5(8)11-1-3(13)15-4(14)2-12-6(9)10/h1-2H2,(H4,7,8,11)(H4,9,10,12). The molecule has 0 rings (SSSR count). The van der Waals surface area contributed by atoms with E-state index in [1.807, 2.05) is 0 Å². The van der Waals surface area contributed by atoms with E-state index in [0.29, 0.717) is 0 Å². The van der Waals surface area contributed by atoms with Crippen molar-refractivity contribution in [3.05, 3.63) is 0 Å². The lowest BCUT2D eigenvalue weighted by Gasteiger charge is -1.98. The number of aliphatic imine (C=N–C) groups is 2. The van der Waals surface area contributed by atoms with Crippen LogP contribution in [0.25, 0.3) is 0 Å². The maximum absolute atomic E-state index is 10.8. The molecule has 0 unspecified atom stereocenters. The maximum Gasteiger partial charge on any atom is 0.335 e. The van der Waals surface area contributed by atoms with Crippen molar-refractivity contribution in [3.8, 4) is 0 Å². The van der Waals surface area contributed by atoms with Gasteiger partial charge in [0.05, 0.1) is 0 Å². The normalized spacial score (nSPS) is 8.80. The minimum Gasteiger partial charge on any atom is -0.390 e. The summed E-state index contributed by atoms with van der Waals surface area (Å²) in [6.07, 6.45) is 0. The van der Waals surface area contributed by atoms with Gasteiger partial charge in [-0.15, -0.1) is 0 Å². The molecular weight excluding hydrogens is 204 g/mol. The van der Waals surface area contributed by atoms with E-state index >= 15 is 0 Å². The van der Waals surface area contributed by atoms with Gasteiger partial charge in [-0.3, -0.25) is 0 Å². The Hall–Kier alpha value is -2.32. The molecule has 0 aliphatic rings. The van der Waals surface area contributed by atoms with Crippen LogP contribution in [0.3, 0.4) is 0 Å². The minimum absolute atomic E-state index is 0.274. The van der Waals surface area contributed by atoms with Crippen molar-refractivity contribution in [1.29, 1.82) is 0 Å². The molecule has 84 valence electrons. The average Bonchev–Trinajstić information content (AvgIpc) is 2.11. The Bertz CT molecular complexity index is 272. The van der Waals surface area contributed by atoms with Gasteiger partial charge in [-0.1, -0.05) is 0 Å². The van der Waals surface area contributed by atoms with Gasteiger partial charge in [0.1, 0.15) is 13.1 Å². The van der Waals surface area contributed by atoms with Crippen molar-refractivity contribution in [3.63, 3.8) is 0 Å². The highest BCUT2D eigenvalue weighted by Crippen LogP contribution is 1.83. The molecule has 0 aromatic rings. The Kier molecular flexibility index (Phi) is 5.23. The largest absolute Gasteiger partial charge is 0.390 e. The van der Waals surface area contributed by atoms with Gasteiger partial charge in [0, 0.05) is 0 Å². The van der Waals surface area contributed by atoms with E-state index in [4.69, 9.17) is 22.9 Å². The Balaban J connectivity index is 3.92. The lowest BCUT2D eigenvalue weighted by Crippen LogP contribution is -2.26. The van der Waals surface area contributed by atoms with Crippen molar-refractivity contribution in [2.24, 2.45) is 32.9 Å². The molecule has 0 aliphatic carbocycles. The molecule has 8 N–H and O–H groups in total. The van der Waals surface area contributed by atoms with Gasteiger partial charge in [0.25, 0.3) is 0 Å².